The molecule has 0 spiro atoms. The summed E-state index contributed by atoms with van der Waals surface area (Å²) in [5, 5.41) is 13.1. The second-order valence-electron chi connectivity index (χ2n) is 3.46. The van der Waals surface area contributed by atoms with E-state index in [0.29, 0.717) is 11.8 Å². The quantitative estimate of drug-likeness (QED) is 0.739. The molecule has 76 valence electrons. The fourth-order valence-electron chi connectivity index (χ4n) is 1.64. The van der Waals surface area contributed by atoms with E-state index in [1.165, 1.54) is 0 Å². The first-order chi connectivity index (χ1) is 6.24. The summed E-state index contributed by atoms with van der Waals surface area (Å²) in [6.07, 6.45) is 4.06. The zero-order valence-electron chi connectivity index (χ0n) is 7.63. The Bertz CT molecular complexity index is 175. The molecule has 13 heavy (non-hydrogen) atoms. The third-order valence-corrected chi connectivity index (χ3v) is 2.79. The van der Waals surface area contributed by atoms with E-state index < -0.39 is 0 Å². The van der Waals surface area contributed by atoms with Crippen molar-refractivity contribution >= 4 is 21.8 Å². The van der Waals surface area contributed by atoms with Crippen LogP contribution in [0.2, 0.25) is 0 Å². The largest absolute Gasteiger partial charge is 0.391 e. The molecule has 1 amide bonds. The van der Waals surface area contributed by atoms with Crippen LogP contribution in [0, 0.1) is 0 Å². The molecule has 0 aromatic rings. The Morgan fingerprint density at radius 2 is 2.15 bits per heavy atom. The minimum Gasteiger partial charge on any atom is -0.391 e. The molecule has 0 aromatic heterocycles. The van der Waals surface area contributed by atoms with E-state index in [0.717, 1.165) is 25.7 Å². The van der Waals surface area contributed by atoms with Crippen LogP contribution in [-0.4, -0.2) is 28.5 Å². The summed E-state index contributed by atoms with van der Waals surface area (Å²) in [7, 11) is 0. The Hall–Kier alpha value is -0.0900. The van der Waals surface area contributed by atoms with Gasteiger partial charge in [0.05, 0.1) is 12.1 Å². The number of alkyl halides is 1. The van der Waals surface area contributed by atoms with Crippen LogP contribution >= 0.6 is 15.9 Å². The highest BCUT2D eigenvalue weighted by Crippen LogP contribution is 2.18. The number of rotatable bonds is 3. The molecule has 3 nitrogen and oxygen atoms in total. The fourth-order valence-corrected chi connectivity index (χ4v) is 2.00. The van der Waals surface area contributed by atoms with Gasteiger partial charge in [-0.25, -0.2) is 0 Å². The van der Waals surface area contributed by atoms with E-state index >= 15 is 0 Å². The second kappa shape index (κ2) is 5.60. The molecule has 1 saturated carbocycles. The summed E-state index contributed by atoms with van der Waals surface area (Å²) >= 11 is 3.21. The Kier molecular flexibility index (Phi) is 4.73. The second-order valence-corrected chi connectivity index (χ2v) is 4.26. The molecular formula is C9H16BrNO2. The minimum absolute atomic E-state index is 0.0136. The number of halogens is 1. The van der Waals surface area contributed by atoms with Gasteiger partial charge in [-0.1, -0.05) is 28.8 Å². The van der Waals surface area contributed by atoms with Crippen molar-refractivity contribution in [2.45, 2.75) is 44.2 Å². The van der Waals surface area contributed by atoms with Gasteiger partial charge in [-0.15, -0.1) is 0 Å². The lowest BCUT2D eigenvalue weighted by Crippen LogP contribution is -2.45. The van der Waals surface area contributed by atoms with Crippen molar-refractivity contribution < 1.29 is 9.90 Å². The predicted molar refractivity (Wildman–Crippen MR) is 54.8 cm³/mol. The molecule has 1 rings (SSSR count). The summed E-state index contributed by atoms with van der Waals surface area (Å²) in [4.78, 5) is 11.2. The Morgan fingerprint density at radius 1 is 1.46 bits per heavy atom. The average Bonchev–Trinajstić information content (AvgIpc) is 2.09. The SMILES string of the molecule is O=C(CCBr)N[C@H]1CCCC[C@@H]1O. The van der Waals surface area contributed by atoms with Gasteiger partial charge in [0.15, 0.2) is 0 Å². The van der Waals surface area contributed by atoms with Crippen LogP contribution in [0.4, 0.5) is 0 Å². The number of hydrogen-bond acceptors (Lipinski definition) is 2. The molecule has 0 aromatic carbocycles. The van der Waals surface area contributed by atoms with E-state index in [4.69, 9.17) is 0 Å². The predicted octanol–water partition coefficient (Wildman–Crippen LogP) is 1.19. The van der Waals surface area contributed by atoms with Gasteiger partial charge in [0.2, 0.25) is 5.91 Å². The standard InChI is InChI=1S/C9H16BrNO2/c10-6-5-9(13)11-7-3-1-2-4-8(7)12/h7-8,12H,1-6H2,(H,11,13)/t7-,8-/m0/s1. The molecule has 0 bridgehead atoms. The van der Waals surface area contributed by atoms with Gasteiger partial charge in [0.25, 0.3) is 0 Å². The van der Waals surface area contributed by atoms with Gasteiger partial charge in [-0.3, -0.25) is 4.79 Å². The maximum Gasteiger partial charge on any atom is 0.221 e. The van der Waals surface area contributed by atoms with E-state index in [9.17, 15) is 9.90 Å². The van der Waals surface area contributed by atoms with Gasteiger partial charge < -0.3 is 10.4 Å². The molecule has 1 aliphatic rings. The number of aliphatic hydroxyl groups is 1. The van der Waals surface area contributed by atoms with Gasteiger partial charge in [-0.2, -0.15) is 0 Å². The molecule has 1 aliphatic carbocycles. The fraction of sp³-hybridized carbons (Fsp3) is 0.889. The summed E-state index contributed by atoms with van der Waals surface area (Å²) < 4.78 is 0. The highest BCUT2D eigenvalue weighted by atomic mass is 79.9. The zero-order chi connectivity index (χ0) is 9.68. The van der Waals surface area contributed by atoms with E-state index in [-0.39, 0.29) is 18.1 Å². The van der Waals surface area contributed by atoms with Crippen molar-refractivity contribution in [1.82, 2.24) is 5.32 Å². The molecule has 1 fully saturated rings. The van der Waals surface area contributed by atoms with Crippen LogP contribution in [0.15, 0.2) is 0 Å². The lowest BCUT2D eigenvalue weighted by molar-refractivity contribution is -0.122. The monoisotopic (exact) mass is 249 g/mol. The number of aliphatic hydroxyl groups excluding tert-OH is 1. The van der Waals surface area contributed by atoms with Crippen LogP contribution in [0.3, 0.4) is 0 Å². The first-order valence-electron chi connectivity index (χ1n) is 4.77. The van der Waals surface area contributed by atoms with Crippen LogP contribution in [-0.2, 0) is 4.79 Å². The summed E-state index contributed by atoms with van der Waals surface area (Å²) in [6.45, 7) is 0. The molecule has 0 heterocycles. The molecule has 0 radical (unpaired) electrons. The number of hydrogen-bond donors (Lipinski definition) is 2. The number of amides is 1. The molecule has 0 aliphatic heterocycles. The van der Waals surface area contributed by atoms with Gasteiger partial charge in [-0.05, 0) is 12.8 Å². The smallest absolute Gasteiger partial charge is 0.221 e. The molecule has 0 unspecified atom stereocenters. The minimum atomic E-state index is -0.340. The van der Waals surface area contributed by atoms with Crippen molar-refractivity contribution in [2.24, 2.45) is 0 Å². The van der Waals surface area contributed by atoms with Gasteiger partial charge in [0.1, 0.15) is 0 Å². The highest BCUT2D eigenvalue weighted by Gasteiger charge is 2.23. The average molecular weight is 250 g/mol. The van der Waals surface area contributed by atoms with Crippen molar-refractivity contribution in [3.8, 4) is 0 Å². The maximum atomic E-state index is 11.2. The topological polar surface area (TPSA) is 49.3 Å². The first kappa shape index (κ1) is 11.0. The van der Waals surface area contributed by atoms with E-state index in [1.54, 1.807) is 0 Å². The molecule has 0 saturated heterocycles. The Morgan fingerprint density at radius 3 is 2.77 bits per heavy atom. The lowest BCUT2D eigenvalue weighted by Gasteiger charge is -2.28. The Balaban J connectivity index is 2.29. The number of carbonyl (C=O) groups is 1. The zero-order valence-corrected chi connectivity index (χ0v) is 9.22. The Labute approximate surface area is 87.0 Å². The van der Waals surface area contributed by atoms with Crippen LogP contribution in [0.5, 0.6) is 0 Å². The van der Waals surface area contributed by atoms with Gasteiger partial charge in [0, 0.05) is 11.8 Å². The number of carbonyl (C=O) groups excluding carboxylic acids is 1. The summed E-state index contributed by atoms with van der Waals surface area (Å²) in [6, 6.07) is -0.0136. The van der Waals surface area contributed by atoms with Crippen LogP contribution in [0.25, 0.3) is 0 Å². The van der Waals surface area contributed by atoms with Crippen molar-refractivity contribution in [3.05, 3.63) is 0 Å². The maximum absolute atomic E-state index is 11.2. The van der Waals surface area contributed by atoms with Crippen LogP contribution < -0.4 is 5.32 Å². The molecule has 2 N–H and O–H groups in total. The van der Waals surface area contributed by atoms with Crippen molar-refractivity contribution in [1.29, 1.82) is 0 Å². The van der Waals surface area contributed by atoms with Gasteiger partial charge >= 0.3 is 0 Å². The molecule has 4 heteroatoms. The van der Waals surface area contributed by atoms with Crippen molar-refractivity contribution in [3.63, 3.8) is 0 Å². The normalized spacial score (nSPS) is 28.5. The third-order valence-electron chi connectivity index (χ3n) is 2.40. The molecular weight excluding hydrogens is 234 g/mol. The van der Waals surface area contributed by atoms with Crippen LogP contribution in [0.1, 0.15) is 32.1 Å². The van der Waals surface area contributed by atoms with E-state index in [2.05, 4.69) is 21.2 Å². The first-order valence-corrected chi connectivity index (χ1v) is 5.89. The highest BCUT2D eigenvalue weighted by molar-refractivity contribution is 9.09. The van der Waals surface area contributed by atoms with E-state index in [1.807, 2.05) is 0 Å². The summed E-state index contributed by atoms with van der Waals surface area (Å²) in [5.74, 6) is 0.0304. The van der Waals surface area contributed by atoms with Crippen molar-refractivity contribution in [2.75, 3.05) is 5.33 Å². The number of nitrogens with one attached hydrogen (secondary N) is 1. The lowest BCUT2D eigenvalue weighted by atomic mass is 9.92. The molecule has 2 atom stereocenters. The summed E-state index contributed by atoms with van der Waals surface area (Å²) in [5.41, 5.74) is 0. The third kappa shape index (κ3) is 3.65.